The number of ether oxygens (including phenoxy) is 5. The predicted molar refractivity (Wildman–Crippen MR) is 180 cm³/mol. The van der Waals surface area contributed by atoms with E-state index in [1.807, 2.05) is 18.6 Å². The number of carbonyl (C=O) groups is 2. The smallest absolute Gasteiger partial charge is 0.508 e. The Kier molecular flexibility index (Phi) is 27.4. The number of halogens is 4. The molecular formula is C34H56Br4N6O7. The number of unbranched alkanes of at least 4 members (excludes halogenated alkanes) is 1. The van der Waals surface area contributed by atoms with Gasteiger partial charge in [0.2, 0.25) is 19.0 Å². The van der Waals surface area contributed by atoms with Crippen molar-refractivity contribution in [1.29, 1.82) is 0 Å². The van der Waals surface area contributed by atoms with E-state index in [4.69, 9.17) is 23.7 Å². The predicted octanol–water partition coefficient (Wildman–Crippen LogP) is -4.39. The van der Waals surface area contributed by atoms with Crippen molar-refractivity contribution in [2.24, 2.45) is 0 Å². The first-order valence-electron chi connectivity index (χ1n) is 17.1. The van der Waals surface area contributed by atoms with Crippen molar-refractivity contribution in [1.82, 2.24) is 13.7 Å². The molecule has 0 aliphatic heterocycles. The summed E-state index contributed by atoms with van der Waals surface area (Å²) >= 11 is 3.30. The summed E-state index contributed by atoms with van der Waals surface area (Å²) in [6.07, 6.45) is 23.4. The third kappa shape index (κ3) is 23.4. The summed E-state index contributed by atoms with van der Waals surface area (Å²) in [4.78, 5) is 23.4. The molecule has 3 rings (SSSR count). The summed E-state index contributed by atoms with van der Waals surface area (Å²) in [5.41, 5.74) is -0.103. The van der Waals surface area contributed by atoms with Crippen LogP contribution in [-0.2, 0) is 63.0 Å². The SMILES string of the molecule is CC(C)(C)OCCCn1cc[n+](CCCOC(=O)OCCC[n+]2ccn(CCCCn3cc[n+](CCCOC(=O)OCCCBr)c3)c2)c1.[Br-].[Br-].[Br-]. The first kappa shape index (κ1) is 49.0. The monoisotopic (exact) mass is 976 g/mol. The van der Waals surface area contributed by atoms with Crippen LogP contribution in [0.15, 0.2) is 56.2 Å². The van der Waals surface area contributed by atoms with Gasteiger partial charge in [0, 0.05) is 31.0 Å². The molecular weight excluding hydrogens is 924 g/mol. The van der Waals surface area contributed by atoms with Crippen LogP contribution in [-0.4, -0.2) is 70.0 Å². The number of aryl methyl sites for hydroxylation is 6. The Hall–Kier alpha value is -1.95. The number of nitrogens with zero attached hydrogens (tertiary/aromatic N) is 6. The minimum Gasteiger partial charge on any atom is -1.00 e. The molecule has 0 amide bonds. The molecule has 3 heterocycles. The van der Waals surface area contributed by atoms with Crippen molar-refractivity contribution in [3.63, 3.8) is 0 Å². The van der Waals surface area contributed by atoms with Crippen LogP contribution >= 0.6 is 15.9 Å². The highest BCUT2D eigenvalue weighted by molar-refractivity contribution is 9.09. The molecule has 0 unspecified atom stereocenters. The van der Waals surface area contributed by atoms with Gasteiger partial charge in [-0.25, -0.2) is 37.0 Å². The third-order valence-corrected chi connectivity index (χ3v) is 7.82. The molecule has 0 N–H and O–H groups in total. The Morgan fingerprint density at radius 2 is 0.902 bits per heavy atom. The lowest BCUT2D eigenvalue weighted by molar-refractivity contribution is -0.697. The molecule has 17 heteroatoms. The van der Waals surface area contributed by atoms with Gasteiger partial charge in [0.15, 0.2) is 0 Å². The first-order chi connectivity index (χ1) is 23.2. The normalized spacial score (nSPS) is 10.8. The van der Waals surface area contributed by atoms with Gasteiger partial charge in [-0.05, 0) is 40.0 Å². The Labute approximate surface area is 343 Å². The summed E-state index contributed by atoms with van der Waals surface area (Å²) in [7, 11) is 0. The van der Waals surface area contributed by atoms with E-state index < -0.39 is 12.3 Å². The number of alkyl halides is 1. The highest BCUT2D eigenvalue weighted by atomic mass is 79.9. The van der Waals surface area contributed by atoms with E-state index in [1.54, 1.807) is 0 Å². The van der Waals surface area contributed by atoms with Gasteiger partial charge in [0.1, 0.15) is 37.2 Å². The van der Waals surface area contributed by atoms with Crippen LogP contribution in [0.2, 0.25) is 0 Å². The molecule has 0 fully saturated rings. The van der Waals surface area contributed by atoms with Crippen LogP contribution in [0.3, 0.4) is 0 Å². The first-order valence-corrected chi connectivity index (χ1v) is 18.3. The summed E-state index contributed by atoms with van der Waals surface area (Å²) in [6, 6.07) is 0. The van der Waals surface area contributed by atoms with Gasteiger partial charge in [-0.1, -0.05) is 15.9 Å². The molecule has 0 radical (unpaired) electrons. The van der Waals surface area contributed by atoms with Crippen molar-refractivity contribution in [2.75, 3.05) is 38.4 Å². The number of imidazole rings is 3. The van der Waals surface area contributed by atoms with Gasteiger partial charge in [-0.3, -0.25) is 0 Å². The van der Waals surface area contributed by atoms with Crippen LogP contribution in [0.25, 0.3) is 0 Å². The van der Waals surface area contributed by atoms with Crippen LogP contribution in [0, 0.1) is 0 Å². The van der Waals surface area contributed by atoms with E-state index in [1.165, 1.54) is 0 Å². The maximum Gasteiger partial charge on any atom is 0.508 e. The number of hydrogen-bond donors (Lipinski definition) is 0. The minimum absolute atomic E-state index is 0. The fourth-order valence-corrected chi connectivity index (χ4v) is 5.05. The number of aromatic nitrogens is 6. The van der Waals surface area contributed by atoms with Gasteiger partial charge in [-0.15, -0.1) is 0 Å². The lowest BCUT2D eigenvalue weighted by Crippen LogP contribution is -3.00. The maximum absolute atomic E-state index is 12.0. The highest BCUT2D eigenvalue weighted by Crippen LogP contribution is 2.07. The zero-order valence-corrected chi connectivity index (χ0v) is 36.5. The van der Waals surface area contributed by atoms with Crippen LogP contribution in [0.5, 0.6) is 0 Å². The minimum atomic E-state index is -0.611. The Morgan fingerprint density at radius 1 is 0.549 bits per heavy atom. The van der Waals surface area contributed by atoms with Gasteiger partial charge < -0.3 is 74.6 Å². The largest absolute Gasteiger partial charge is 1.00 e. The van der Waals surface area contributed by atoms with Crippen molar-refractivity contribution in [3.05, 3.63) is 56.2 Å². The molecule has 0 bridgehead atoms. The fourth-order valence-electron chi connectivity index (χ4n) is 4.83. The maximum atomic E-state index is 12.0. The van der Waals surface area contributed by atoms with Crippen molar-refractivity contribution < 1.29 is 97.9 Å². The second-order valence-electron chi connectivity index (χ2n) is 12.7. The molecule has 3 aromatic rings. The van der Waals surface area contributed by atoms with Gasteiger partial charge in [0.05, 0.1) is 77.9 Å². The molecule has 0 saturated carbocycles. The summed E-state index contributed by atoms with van der Waals surface area (Å²) in [6.45, 7) is 13.4. The average molecular weight is 980 g/mol. The van der Waals surface area contributed by atoms with E-state index in [9.17, 15) is 9.59 Å². The van der Waals surface area contributed by atoms with Crippen molar-refractivity contribution >= 4 is 28.2 Å². The lowest BCUT2D eigenvalue weighted by Gasteiger charge is -2.18. The molecule has 0 aromatic carbocycles. The second kappa shape index (κ2) is 28.5. The zero-order chi connectivity index (χ0) is 34.5. The number of carbonyl (C=O) groups excluding carboxylic acids is 2. The van der Waals surface area contributed by atoms with Crippen LogP contribution < -0.4 is 64.6 Å². The summed E-state index contributed by atoms with van der Waals surface area (Å²) in [5, 5.41) is 0.798. The average Bonchev–Trinajstić information content (AvgIpc) is 3.82. The lowest BCUT2D eigenvalue weighted by atomic mass is 10.2. The van der Waals surface area contributed by atoms with E-state index in [-0.39, 0.29) is 56.5 Å². The van der Waals surface area contributed by atoms with E-state index in [0.29, 0.717) is 26.4 Å². The third-order valence-electron chi connectivity index (χ3n) is 7.26. The molecule has 292 valence electrons. The summed E-state index contributed by atoms with van der Waals surface area (Å²) < 4.78 is 39.1. The zero-order valence-electron chi connectivity index (χ0n) is 30.2. The Bertz CT molecular complexity index is 1330. The molecule has 13 nitrogen and oxygen atoms in total. The quantitative estimate of drug-likeness (QED) is 0.0387. The number of rotatable bonds is 24. The van der Waals surface area contributed by atoms with Gasteiger partial charge in [0.25, 0.3) is 0 Å². The van der Waals surface area contributed by atoms with Crippen molar-refractivity contribution in [2.45, 2.75) is 111 Å². The van der Waals surface area contributed by atoms with Crippen LogP contribution in [0.4, 0.5) is 9.59 Å². The van der Waals surface area contributed by atoms with Gasteiger partial charge in [-0.2, -0.15) is 0 Å². The second-order valence-corrected chi connectivity index (χ2v) is 13.5. The Morgan fingerprint density at radius 3 is 1.25 bits per heavy atom. The highest BCUT2D eigenvalue weighted by Gasteiger charge is 2.12. The fraction of sp³-hybridized carbons (Fsp3) is 0.676. The van der Waals surface area contributed by atoms with Crippen LogP contribution in [0.1, 0.15) is 65.7 Å². The topological polar surface area (TPSA) is 107 Å². The molecule has 0 saturated heterocycles. The molecule has 0 spiro atoms. The van der Waals surface area contributed by atoms with Gasteiger partial charge >= 0.3 is 12.3 Å². The summed E-state index contributed by atoms with van der Waals surface area (Å²) in [5.74, 6) is 0. The standard InChI is InChI=1S/C34H56BrN6O7.3BrH/c1-34(2,3)48-28-10-17-41-23-22-40(31-41)16-9-27-47-33(43)46-26-8-15-39-21-19-37(30-39)13-5-4-12-36-18-20-38(29-36)14-7-25-45-32(42)44-24-6-11-35;;;/h18-23,29-31H,4-17,24-28H2,1-3H3;3*1H/q+3;;;/p-3. The van der Waals surface area contributed by atoms with E-state index in [2.05, 4.69) is 102 Å². The molecule has 3 aromatic heterocycles. The molecule has 0 atom stereocenters. The van der Waals surface area contributed by atoms with Crippen molar-refractivity contribution in [3.8, 4) is 0 Å². The molecule has 51 heavy (non-hydrogen) atoms. The molecule has 0 aliphatic rings. The Balaban J connectivity index is 0.00000833. The number of hydrogen-bond acceptors (Lipinski definition) is 7. The van der Waals surface area contributed by atoms with E-state index in [0.717, 1.165) is 96.2 Å². The molecule has 0 aliphatic carbocycles. The van der Waals surface area contributed by atoms with E-state index >= 15 is 0 Å².